The first kappa shape index (κ1) is 14.1. The first-order valence-electron chi connectivity index (χ1n) is 8.04. The first-order chi connectivity index (χ1) is 10.7. The minimum Gasteiger partial charge on any atom is -0.344 e. The van der Waals surface area contributed by atoms with E-state index in [0.29, 0.717) is 12.5 Å². The van der Waals surface area contributed by atoms with E-state index in [9.17, 15) is 4.79 Å². The van der Waals surface area contributed by atoms with Crippen molar-refractivity contribution in [1.29, 1.82) is 0 Å². The summed E-state index contributed by atoms with van der Waals surface area (Å²) >= 11 is 6.19. The number of halogens is 1. The fourth-order valence-corrected chi connectivity index (χ4v) is 3.84. The Labute approximate surface area is 135 Å². The third-order valence-electron chi connectivity index (χ3n) is 4.77. The van der Waals surface area contributed by atoms with Crippen LogP contribution in [-0.2, 0) is 11.3 Å². The first-order valence-corrected chi connectivity index (χ1v) is 8.42. The monoisotopic (exact) mass is 317 g/mol. The van der Waals surface area contributed by atoms with Gasteiger partial charge in [-0.05, 0) is 44.0 Å². The number of carbonyl (C=O) groups excluding carboxylic acids is 1. The molecule has 2 aromatic rings. The van der Waals surface area contributed by atoms with Crippen LogP contribution in [0, 0.1) is 0 Å². The van der Waals surface area contributed by atoms with Crippen LogP contribution in [0.15, 0.2) is 24.4 Å². The Morgan fingerprint density at radius 2 is 2.23 bits per heavy atom. The highest BCUT2D eigenvalue weighted by Gasteiger charge is 2.26. The number of carbonyl (C=O) groups is 1. The molecule has 0 saturated carbocycles. The minimum absolute atomic E-state index is 0.220. The molecular weight excluding hydrogens is 298 g/mol. The maximum absolute atomic E-state index is 12.1. The van der Waals surface area contributed by atoms with Gasteiger partial charge in [0.2, 0.25) is 5.91 Å². The van der Waals surface area contributed by atoms with E-state index in [0.717, 1.165) is 47.7 Å². The van der Waals surface area contributed by atoms with Crippen molar-refractivity contribution in [1.82, 2.24) is 9.88 Å². The van der Waals surface area contributed by atoms with Crippen LogP contribution >= 0.6 is 11.6 Å². The Morgan fingerprint density at radius 1 is 1.32 bits per heavy atom. The summed E-state index contributed by atoms with van der Waals surface area (Å²) < 4.78 is 2.27. The lowest BCUT2D eigenvalue weighted by Crippen LogP contribution is -2.26. The Kier molecular flexibility index (Phi) is 3.59. The zero-order valence-electron chi connectivity index (χ0n) is 12.5. The quantitative estimate of drug-likeness (QED) is 0.944. The second-order valence-corrected chi connectivity index (χ2v) is 6.71. The van der Waals surface area contributed by atoms with Crippen LogP contribution in [0.3, 0.4) is 0 Å². The molecule has 2 fully saturated rings. The molecule has 1 aromatic carbocycles. The fraction of sp³-hybridized carbons (Fsp3) is 0.471. The van der Waals surface area contributed by atoms with Gasteiger partial charge in [0.15, 0.2) is 0 Å². The van der Waals surface area contributed by atoms with Gasteiger partial charge in [0, 0.05) is 42.2 Å². The summed E-state index contributed by atoms with van der Waals surface area (Å²) in [5, 5.41) is 5.34. The number of nitrogens with one attached hydrogen (secondary N) is 1. The third-order valence-corrected chi connectivity index (χ3v) is 5.00. The second kappa shape index (κ2) is 5.60. The van der Waals surface area contributed by atoms with Crippen molar-refractivity contribution in [2.24, 2.45) is 0 Å². The SMILES string of the molecule is O=C1CCCN1c1cn(C[C@@H]2CCCN2)c2ccc(Cl)cc12. The van der Waals surface area contributed by atoms with Crippen LogP contribution in [0.5, 0.6) is 0 Å². The lowest BCUT2D eigenvalue weighted by Gasteiger charge is -2.14. The normalized spacial score (nSPS) is 22.1. The molecule has 0 spiro atoms. The molecule has 5 heteroatoms. The number of fused-ring (bicyclic) bond motifs is 1. The maximum Gasteiger partial charge on any atom is 0.227 e. The summed E-state index contributed by atoms with van der Waals surface area (Å²) in [6.07, 6.45) is 6.18. The predicted molar refractivity (Wildman–Crippen MR) is 89.6 cm³/mol. The largest absolute Gasteiger partial charge is 0.344 e. The Morgan fingerprint density at radius 3 is 2.95 bits per heavy atom. The van der Waals surface area contributed by atoms with E-state index in [1.54, 1.807) is 0 Å². The molecule has 22 heavy (non-hydrogen) atoms. The Bertz CT molecular complexity index is 718. The Balaban J connectivity index is 1.78. The van der Waals surface area contributed by atoms with Gasteiger partial charge >= 0.3 is 0 Å². The van der Waals surface area contributed by atoms with E-state index < -0.39 is 0 Å². The van der Waals surface area contributed by atoms with Crippen molar-refractivity contribution in [3.05, 3.63) is 29.4 Å². The van der Waals surface area contributed by atoms with Crippen LogP contribution in [0.2, 0.25) is 5.02 Å². The van der Waals surface area contributed by atoms with Crippen LogP contribution in [0.25, 0.3) is 10.9 Å². The van der Waals surface area contributed by atoms with Gasteiger partial charge in [-0.25, -0.2) is 0 Å². The smallest absolute Gasteiger partial charge is 0.227 e. The molecule has 3 heterocycles. The highest BCUT2D eigenvalue weighted by molar-refractivity contribution is 6.31. The molecular formula is C17H20ClN3O. The average molecular weight is 318 g/mol. The highest BCUT2D eigenvalue weighted by Crippen LogP contribution is 2.34. The molecule has 0 aliphatic carbocycles. The van der Waals surface area contributed by atoms with Crippen molar-refractivity contribution in [3.8, 4) is 0 Å². The lowest BCUT2D eigenvalue weighted by molar-refractivity contribution is -0.117. The molecule has 1 amide bonds. The number of nitrogens with zero attached hydrogens (tertiary/aromatic N) is 2. The van der Waals surface area contributed by atoms with Gasteiger partial charge in [-0.1, -0.05) is 11.6 Å². The zero-order chi connectivity index (χ0) is 15.1. The van der Waals surface area contributed by atoms with Crippen LogP contribution in [0.1, 0.15) is 25.7 Å². The van der Waals surface area contributed by atoms with E-state index in [1.165, 1.54) is 12.8 Å². The summed E-state index contributed by atoms with van der Waals surface area (Å²) in [6.45, 7) is 2.86. The maximum atomic E-state index is 12.1. The third kappa shape index (κ3) is 2.40. The molecule has 4 nitrogen and oxygen atoms in total. The molecule has 1 atom stereocenters. The number of anilines is 1. The van der Waals surface area contributed by atoms with Crippen molar-refractivity contribution in [3.63, 3.8) is 0 Å². The van der Waals surface area contributed by atoms with E-state index in [-0.39, 0.29) is 5.91 Å². The van der Waals surface area contributed by atoms with Crippen molar-refractivity contribution in [2.45, 2.75) is 38.3 Å². The number of rotatable bonds is 3. The molecule has 2 aliphatic heterocycles. The van der Waals surface area contributed by atoms with Crippen LogP contribution in [0.4, 0.5) is 5.69 Å². The van der Waals surface area contributed by atoms with Crippen LogP contribution < -0.4 is 10.2 Å². The summed E-state index contributed by atoms with van der Waals surface area (Å²) in [4.78, 5) is 14.0. The number of benzene rings is 1. The summed E-state index contributed by atoms with van der Waals surface area (Å²) in [6, 6.07) is 6.50. The zero-order valence-corrected chi connectivity index (χ0v) is 13.3. The summed E-state index contributed by atoms with van der Waals surface area (Å²) in [5.74, 6) is 0.220. The molecule has 0 unspecified atom stereocenters. The van der Waals surface area contributed by atoms with Gasteiger partial charge in [-0.2, -0.15) is 0 Å². The highest BCUT2D eigenvalue weighted by atomic mass is 35.5. The topological polar surface area (TPSA) is 37.3 Å². The fourth-order valence-electron chi connectivity index (χ4n) is 3.67. The van der Waals surface area contributed by atoms with E-state index in [1.807, 2.05) is 17.0 Å². The molecule has 1 aromatic heterocycles. The van der Waals surface area contributed by atoms with E-state index in [2.05, 4.69) is 22.1 Å². The molecule has 2 saturated heterocycles. The average Bonchev–Trinajstić information content (AvgIpc) is 3.21. The summed E-state index contributed by atoms with van der Waals surface area (Å²) in [7, 11) is 0. The van der Waals surface area contributed by atoms with Crippen molar-refractivity contribution >= 4 is 34.1 Å². The molecule has 4 rings (SSSR count). The van der Waals surface area contributed by atoms with Gasteiger partial charge in [-0.3, -0.25) is 4.79 Å². The van der Waals surface area contributed by atoms with Gasteiger partial charge < -0.3 is 14.8 Å². The van der Waals surface area contributed by atoms with Gasteiger partial charge in [0.1, 0.15) is 0 Å². The second-order valence-electron chi connectivity index (χ2n) is 6.27. The Hall–Kier alpha value is -1.52. The van der Waals surface area contributed by atoms with Gasteiger partial charge in [0.25, 0.3) is 0 Å². The minimum atomic E-state index is 0.220. The van der Waals surface area contributed by atoms with Crippen molar-refractivity contribution < 1.29 is 4.79 Å². The predicted octanol–water partition coefficient (Wildman–Crippen LogP) is 3.17. The lowest BCUT2D eigenvalue weighted by atomic mass is 10.2. The van der Waals surface area contributed by atoms with Crippen LogP contribution in [-0.4, -0.2) is 29.6 Å². The molecule has 1 N–H and O–H groups in total. The number of aromatic nitrogens is 1. The summed E-state index contributed by atoms with van der Waals surface area (Å²) in [5.41, 5.74) is 2.17. The molecule has 0 bridgehead atoms. The van der Waals surface area contributed by atoms with E-state index >= 15 is 0 Å². The van der Waals surface area contributed by atoms with Gasteiger partial charge in [0.05, 0.1) is 11.2 Å². The number of amides is 1. The standard InChI is InChI=1S/C17H20ClN3O/c18-12-5-6-15-14(9-12)16(21-8-2-4-17(21)22)11-20(15)10-13-3-1-7-19-13/h5-6,9,11,13,19H,1-4,7-8,10H2/t13-/m0/s1. The van der Waals surface area contributed by atoms with E-state index in [4.69, 9.17) is 11.6 Å². The molecule has 2 aliphatic rings. The van der Waals surface area contributed by atoms with Crippen molar-refractivity contribution in [2.75, 3.05) is 18.0 Å². The number of hydrogen-bond acceptors (Lipinski definition) is 2. The van der Waals surface area contributed by atoms with Gasteiger partial charge in [-0.15, -0.1) is 0 Å². The number of hydrogen-bond donors (Lipinski definition) is 1. The molecule has 116 valence electrons. The molecule has 0 radical (unpaired) electrons.